The van der Waals surface area contributed by atoms with Crippen LogP contribution in [0, 0.1) is 6.92 Å². The fourth-order valence-electron chi connectivity index (χ4n) is 4.11. The Labute approximate surface area is 183 Å². The summed E-state index contributed by atoms with van der Waals surface area (Å²) in [7, 11) is -2.28. The number of nitrogens with zero attached hydrogens (tertiary/aromatic N) is 1. The third-order valence-electron chi connectivity index (χ3n) is 5.66. The van der Waals surface area contributed by atoms with Crippen LogP contribution in [-0.2, 0) is 29.0 Å². The number of hydrogen-bond donors (Lipinski definition) is 2. The first-order valence-corrected chi connectivity index (χ1v) is 12.0. The second-order valence-electron chi connectivity index (χ2n) is 8.02. The van der Waals surface area contributed by atoms with Crippen LogP contribution in [0.2, 0.25) is 0 Å². The van der Waals surface area contributed by atoms with E-state index in [2.05, 4.69) is 5.32 Å². The van der Waals surface area contributed by atoms with Crippen molar-refractivity contribution < 1.29 is 32.5 Å². The molecule has 1 aromatic rings. The summed E-state index contributed by atoms with van der Waals surface area (Å²) in [6, 6.07) is 6.34. The fraction of sp³-hybridized carbons (Fsp3) is 0.667. The Morgan fingerprint density at radius 3 is 2.81 bits per heavy atom. The fourth-order valence-corrected chi connectivity index (χ4v) is 6.06. The second kappa shape index (κ2) is 10.8. The van der Waals surface area contributed by atoms with Gasteiger partial charge < -0.3 is 24.6 Å². The van der Waals surface area contributed by atoms with Crippen LogP contribution in [0.15, 0.2) is 29.2 Å². The summed E-state index contributed by atoms with van der Waals surface area (Å²) in [6.07, 6.45) is -0.517. The SMILES string of the molecule is COCCNC(=O)C[C@@H]1CC[C@H]2[C@@H](COC[C@@H](O)CN2S(=O)(=O)c2ccccc2C)O1. The van der Waals surface area contributed by atoms with Crippen molar-refractivity contribution >= 4 is 15.9 Å². The molecular weight excluding hydrogens is 424 g/mol. The van der Waals surface area contributed by atoms with Gasteiger partial charge in [0.15, 0.2) is 0 Å². The average Bonchev–Trinajstić information content (AvgIpc) is 2.71. The third kappa shape index (κ3) is 6.03. The first-order valence-electron chi connectivity index (χ1n) is 10.6. The molecule has 31 heavy (non-hydrogen) atoms. The predicted molar refractivity (Wildman–Crippen MR) is 113 cm³/mol. The van der Waals surface area contributed by atoms with Crippen molar-refractivity contribution in [1.29, 1.82) is 0 Å². The van der Waals surface area contributed by atoms with Gasteiger partial charge in [-0.05, 0) is 31.4 Å². The molecule has 0 radical (unpaired) electrons. The first kappa shape index (κ1) is 24.1. The molecule has 0 saturated carbocycles. The van der Waals surface area contributed by atoms with Crippen molar-refractivity contribution in [2.75, 3.05) is 40.0 Å². The zero-order valence-corrected chi connectivity index (χ0v) is 18.8. The van der Waals surface area contributed by atoms with Crippen molar-refractivity contribution in [3.8, 4) is 0 Å². The lowest BCUT2D eigenvalue weighted by Crippen LogP contribution is -2.57. The quantitative estimate of drug-likeness (QED) is 0.573. The van der Waals surface area contributed by atoms with E-state index in [-0.39, 0.29) is 43.1 Å². The van der Waals surface area contributed by atoms with E-state index in [0.717, 1.165) is 0 Å². The summed E-state index contributed by atoms with van der Waals surface area (Å²) in [5, 5.41) is 13.1. The van der Waals surface area contributed by atoms with Gasteiger partial charge in [-0.3, -0.25) is 4.79 Å². The van der Waals surface area contributed by atoms with E-state index in [1.165, 1.54) is 4.31 Å². The zero-order valence-electron chi connectivity index (χ0n) is 18.0. The van der Waals surface area contributed by atoms with E-state index >= 15 is 0 Å². The van der Waals surface area contributed by atoms with Gasteiger partial charge in [-0.15, -0.1) is 0 Å². The number of sulfonamides is 1. The number of hydrogen-bond acceptors (Lipinski definition) is 7. The average molecular weight is 457 g/mol. The molecule has 3 rings (SSSR count). The van der Waals surface area contributed by atoms with E-state index in [0.29, 0.717) is 31.6 Å². The highest BCUT2D eigenvalue weighted by Gasteiger charge is 2.43. The number of carbonyl (C=O) groups excluding carboxylic acids is 1. The third-order valence-corrected chi connectivity index (χ3v) is 7.71. The van der Waals surface area contributed by atoms with Crippen LogP contribution in [0.4, 0.5) is 0 Å². The monoisotopic (exact) mass is 456 g/mol. The van der Waals surface area contributed by atoms with Gasteiger partial charge in [0.2, 0.25) is 15.9 Å². The number of β-amino-alcohol motifs (C(OH)–C–C–N with tert-alkyl or cyclic N) is 1. The molecule has 0 bridgehead atoms. The second-order valence-corrected chi connectivity index (χ2v) is 9.88. The van der Waals surface area contributed by atoms with Gasteiger partial charge in [-0.1, -0.05) is 18.2 Å². The molecule has 2 N–H and O–H groups in total. The minimum atomic E-state index is -3.85. The Balaban J connectivity index is 1.76. The number of fused-ring (bicyclic) bond motifs is 1. The van der Waals surface area contributed by atoms with Crippen LogP contribution in [0.25, 0.3) is 0 Å². The van der Waals surface area contributed by atoms with Crippen molar-refractivity contribution in [2.45, 2.75) is 55.4 Å². The lowest BCUT2D eigenvalue weighted by molar-refractivity contribution is -0.146. The molecular formula is C21H32N2O7S. The van der Waals surface area contributed by atoms with Crippen LogP contribution in [0.1, 0.15) is 24.8 Å². The van der Waals surface area contributed by atoms with Crippen LogP contribution in [0.5, 0.6) is 0 Å². The Hall–Kier alpha value is -1.56. The highest BCUT2D eigenvalue weighted by molar-refractivity contribution is 7.89. The van der Waals surface area contributed by atoms with Gasteiger partial charge >= 0.3 is 0 Å². The minimum Gasteiger partial charge on any atom is -0.389 e. The zero-order chi connectivity index (χ0) is 22.4. The molecule has 4 atom stereocenters. The summed E-state index contributed by atoms with van der Waals surface area (Å²) < 4.78 is 45.0. The van der Waals surface area contributed by atoms with Crippen molar-refractivity contribution in [3.05, 3.63) is 29.8 Å². The molecule has 0 aliphatic carbocycles. The number of rotatable bonds is 7. The maximum atomic E-state index is 13.5. The smallest absolute Gasteiger partial charge is 0.243 e. The van der Waals surface area contributed by atoms with Crippen LogP contribution in [0.3, 0.4) is 0 Å². The van der Waals surface area contributed by atoms with E-state index in [1.807, 2.05) is 0 Å². The van der Waals surface area contributed by atoms with Gasteiger partial charge in [-0.2, -0.15) is 4.31 Å². The summed E-state index contributed by atoms with van der Waals surface area (Å²) in [5.74, 6) is -0.132. The highest BCUT2D eigenvalue weighted by Crippen LogP contribution is 2.32. The molecule has 0 aromatic heterocycles. The van der Waals surface area contributed by atoms with Crippen LogP contribution in [-0.4, -0.2) is 88.1 Å². The van der Waals surface area contributed by atoms with E-state index in [1.54, 1.807) is 38.3 Å². The van der Waals surface area contributed by atoms with E-state index in [4.69, 9.17) is 14.2 Å². The molecule has 9 nitrogen and oxygen atoms in total. The molecule has 2 fully saturated rings. The molecule has 2 aliphatic heterocycles. The molecule has 0 unspecified atom stereocenters. The topological polar surface area (TPSA) is 114 Å². The van der Waals surface area contributed by atoms with Crippen LogP contribution < -0.4 is 5.32 Å². The summed E-state index contributed by atoms with van der Waals surface area (Å²) in [5.41, 5.74) is 0.647. The number of nitrogens with one attached hydrogen (secondary N) is 1. The number of aliphatic hydroxyl groups is 1. The summed E-state index contributed by atoms with van der Waals surface area (Å²) >= 11 is 0. The maximum absolute atomic E-state index is 13.5. The maximum Gasteiger partial charge on any atom is 0.243 e. The lowest BCUT2D eigenvalue weighted by atomic mass is 9.96. The van der Waals surface area contributed by atoms with Gasteiger partial charge in [0.05, 0.1) is 55.5 Å². The van der Waals surface area contributed by atoms with Crippen molar-refractivity contribution in [1.82, 2.24) is 9.62 Å². The van der Waals surface area contributed by atoms with Gasteiger partial charge in [0, 0.05) is 20.2 Å². The lowest BCUT2D eigenvalue weighted by Gasteiger charge is -2.43. The Bertz CT molecular complexity index is 848. The van der Waals surface area contributed by atoms with Gasteiger partial charge in [-0.25, -0.2) is 8.42 Å². The van der Waals surface area contributed by atoms with E-state index < -0.39 is 28.3 Å². The van der Waals surface area contributed by atoms with Crippen molar-refractivity contribution in [2.24, 2.45) is 0 Å². The first-order chi connectivity index (χ1) is 14.8. The molecule has 10 heteroatoms. The number of carbonyl (C=O) groups is 1. The normalized spacial score (nSPS) is 27.7. The highest BCUT2D eigenvalue weighted by atomic mass is 32.2. The molecule has 2 heterocycles. The number of methoxy groups -OCH3 is 1. The molecule has 1 aromatic carbocycles. The molecule has 2 saturated heterocycles. The number of amides is 1. The molecule has 174 valence electrons. The largest absolute Gasteiger partial charge is 0.389 e. The summed E-state index contributed by atoms with van der Waals surface area (Å²) in [4.78, 5) is 12.4. The predicted octanol–water partition coefficient (Wildman–Crippen LogP) is 0.446. The minimum absolute atomic E-state index is 0.0224. The number of ether oxygens (including phenoxy) is 3. The van der Waals surface area contributed by atoms with Crippen LogP contribution >= 0.6 is 0 Å². The van der Waals surface area contributed by atoms with Gasteiger partial charge in [0.25, 0.3) is 0 Å². The van der Waals surface area contributed by atoms with E-state index in [9.17, 15) is 18.3 Å². The number of benzene rings is 1. The Kier molecular flexibility index (Phi) is 8.43. The van der Waals surface area contributed by atoms with Crippen molar-refractivity contribution in [3.63, 3.8) is 0 Å². The molecule has 1 amide bonds. The molecule has 2 aliphatic rings. The molecule has 0 spiro atoms. The Morgan fingerprint density at radius 1 is 1.29 bits per heavy atom. The number of aliphatic hydroxyl groups excluding tert-OH is 1. The Morgan fingerprint density at radius 2 is 2.06 bits per heavy atom. The number of aryl methyl sites for hydroxylation is 1. The standard InChI is InChI=1S/C21H32N2O7S/c1-15-5-3-4-6-20(15)31(26,27)23-12-16(24)13-29-14-19-18(23)8-7-17(30-19)11-21(25)22-9-10-28-2/h3-6,16-19,24H,7-14H2,1-2H3,(H,22,25)/t16-,17-,18-,19+/m0/s1. The van der Waals surface area contributed by atoms with Gasteiger partial charge in [0.1, 0.15) is 0 Å². The summed E-state index contributed by atoms with van der Waals surface area (Å²) in [6.45, 7) is 2.73.